The summed E-state index contributed by atoms with van der Waals surface area (Å²) in [6.07, 6.45) is 1.23. The predicted octanol–water partition coefficient (Wildman–Crippen LogP) is -2.98. The molecule has 0 aromatic rings. The summed E-state index contributed by atoms with van der Waals surface area (Å²) in [4.78, 5) is 64.4. The minimum absolute atomic E-state index is 0.617. The van der Waals surface area contributed by atoms with Crippen molar-refractivity contribution < 1.29 is 38.2 Å². The number of primary amides is 2. The molecule has 0 aromatic carbocycles. The van der Waals surface area contributed by atoms with Gasteiger partial charge >= 0.3 is 24.0 Å². The fraction of sp³-hybridized carbons (Fsp3) is 0.200. The standard InChI is InChI=1S/C10H12N4O8/c11-9(19)13-5(15)3-21-7(17)1-2-8(18)22-4-6(16)14-10(12)20/h1-2H,3-4H2,(H3,11,13,15,19)(H3,12,14,16,20)/b2-1+. The minimum atomic E-state index is -1.12. The van der Waals surface area contributed by atoms with E-state index in [1.807, 2.05) is 0 Å². The Morgan fingerprint density at radius 2 is 1.05 bits per heavy atom. The number of nitrogens with two attached hydrogens (primary N) is 2. The number of imide groups is 2. The van der Waals surface area contributed by atoms with Gasteiger partial charge in [0, 0.05) is 12.2 Å². The number of hydrogen-bond acceptors (Lipinski definition) is 8. The van der Waals surface area contributed by atoms with E-state index in [1.54, 1.807) is 10.6 Å². The van der Waals surface area contributed by atoms with Gasteiger partial charge in [0.1, 0.15) is 0 Å². The first-order chi connectivity index (χ1) is 10.2. The van der Waals surface area contributed by atoms with Gasteiger partial charge in [-0.3, -0.25) is 20.2 Å². The number of hydrogen-bond donors (Lipinski definition) is 4. The van der Waals surface area contributed by atoms with Crippen molar-refractivity contribution in [2.45, 2.75) is 0 Å². The van der Waals surface area contributed by atoms with E-state index in [4.69, 9.17) is 0 Å². The van der Waals surface area contributed by atoms with Gasteiger partial charge in [0.05, 0.1) is 0 Å². The molecule has 0 fully saturated rings. The Labute approximate surface area is 122 Å². The number of urea groups is 2. The zero-order valence-electron chi connectivity index (χ0n) is 11.0. The normalized spacial score (nSPS) is 9.64. The first-order valence-corrected chi connectivity index (χ1v) is 5.41. The maximum Gasteiger partial charge on any atom is 0.331 e. The van der Waals surface area contributed by atoms with Crippen LogP contribution in [0.15, 0.2) is 12.2 Å². The zero-order valence-corrected chi connectivity index (χ0v) is 11.0. The van der Waals surface area contributed by atoms with Crippen LogP contribution in [0, 0.1) is 0 Å². The Balaban J connectivity index is 4.03. The molecule has 0 aliphatic rings. The largest absolute Gasteiger partial charge is 0.452 e. The molecule has 12 heteroatoms. The van der Waals surface area contributed by atoms with Gasteiger partial charge in [-0.15, -0.1) is 0 Å². The maximum atomic E-state index is 11.1. The molecule has 0 bridgehead atoms. The van der Waals surface area contributed by atoms with Crippen molar-refractivity contribution in [3.8, 4) is 0 Å². The highest BCUT2D eigenvalue weighted by atomic mass is 16.5. The zero-order chi connectivity index (χ0) is 17.1. The third-order valence-electron chi connectivity index (χ3n) is 1.57. The van der Waals surface area contributed by atoms with E-state index in [1.165, 1.54) is 0 Å². The monoisotopic (exact) mass is 316 g/mol. The van der Waals surface area contributed by atoms with E-state index in [-0.39, 0.29) is 0 Å². The van der Waals surface area contributed by atoms with Crippen LogP contribution >= 0.6 is 0 Å². The Hall–Kier alpha value is -3.44. The number of carbonyl (C=O) groups excluding carboxylic acids is 6. The number of amides is 6. The highest BCUT2D eigenvalue weighted by Crippen LogP contribution is 1.86. The Morgan fingerprint density at radius 3 is 1.32 bits per heavy atom. The molecule has 0 radical (unpaired) electrons. The summed E-state index contributed by atoms with van der Waals surface area (Å²) < 4.78 is 8.68. The van der Waals surface area contributed by atoms with Gasteiger partial charge in [-0.1, -0.05) is 0 Å². The van der Waals surface area contributed by atoms with Gasteiger partial charge in [0.2, 0.25) is 0 Å². The lowest BCUT2D eigenvalue weighted by Crippen LogP contribution is -2.37. The van der Waals surface area contributed by atoms with E-state index in [0.29, 0.717) is 12.2 Å². The van der Waals surface area contributed by atoms with Crippen LogP contribution in [0.1, 0.15) is 0 Å². The van der Waals surface area contributed by atoms with Crippen LogP contribution in [0.25, 0.3) is 0 Å². The van der Waals surface area contributed by atoms with Crippen LogP contribution in [0.2, 0.25) is 0 Å². The second-order valence-electron chi connectivity index (χ2n) is 3.37. The molecule has 12 nitrogen and oxygen atoms in total. The number of carbonyl (C=O) groups is 6. The molecule has 0 aliphatic heterocycles. The van der Waals surface area contributed by atoms with E-state index < -0.39 is 49.0 Å². The van der Waals surface area contributed by atoms with Crippen molar-refractivity contribution in [3.63, 3.8) is 0 Å². The second-order valence-corrected chi connectivity index (χ2v) is 3.37. The molecule has 6 N–H and O–H groups in total. The molecule has 0 saturated heterocycles. The summed E-state index contributed by atoms with van der Waals surface area (Å²) in [5.41, 5.74) is 9.28. The summed E-state index contributed by atoms with van der Waals surface area (Å²) in [5.74, 6) is -4.09. The maximum absolute atomic E-state index is 11.1. The lowest BCUT2D eigenvalue weighted by molar-refractivity contribution is -0.145. The van der Waals surface area contributed by atoms with Crippen LogP contribution in [-0.2, 0) is 28.7 Å². The molecule has 0 unspecified atom stereocenters. The topological polar surface area (TPSA) is 197 Å². The molecule has 6 amide bonds. The van der Waals surface area contributed by atoms with Crippen LogP contribution in [0.5, 0.6) is 0 Å². The molecular weight excluding hydrogens is 304 g/mol. The second kappa shape index (κ2) is 9.46. The third kappa shape index (κ3) is 10.5. The first kappa shape index (κ1) is 18.6. The average Bonchev–Trinajstić information content (AvgIpc) is 2.39. The molecule has 0 heterocycles. The molecular formula is C10H12N4O8. The number of nitrogens with one attached hydrogen (secondary N) is 2. The van der Waals surface area contributed by atoms with Gasteiger partial charge in [0.25, 0.3) is 11.8 Å². The molecule has 0 aromatic heterocycles. The van der Waals surface area contributed by atoms with Crippen molar-refractivity contribution in [3.05, 3.63) is 12.2 Å². The van der Waals surface area contributed by atoms with Gasteiger partial charge < -0.3 is 20.9 Å². The van der Waals surface area contributed by atoms with Gasteiger partial charge in [0.15, 0.2) is 13.2 Å². The molecule has 0 rings (SSSR count). The predicted molar refractivity (Wildman–Crippen MR) is 66.5 cm³/mol. The van der Waals surface area contributed by atoms with Crippen molar-refractivity contribution in [2.24, 2.45) is 11.5 Å². The summed E-state index contributed by atoms with van der Waals surface area (Å²) in [7, 11) is 0. The van der Waals surface area contributed by atoms with E-state index in [0.717, 1.165) is 0 Å². The molecule has 0 spiro atoms. The lowest BCUT2D eigenvalue weighted by atomic mass is 10.5. The lowest BCUT2D eigenvalue weighted by Gasteiger charge is -2.02. The first-order valence-electron chi connectivity index (χ1n) is 5.41. The number of esters is 2. The summed E-state index contributed by atoms with van der Waals surface area (Å²) in [5, 5.41) is 3.27. The SMILES string of the molecule is NC(=O)NC(=O)COC(=O)/C=C/C(=O)OCC(=O)NC(N)=O. The molecule has 0 aliphatic carbocycles. The Morgan fingerprint density at radius 1 is 0.727 bits per heavy atom. The summed E-state index contributed by atoms with van der Waals surface area (Å²) >= 11 is 0. The fourth-order valence-electron chi connectivity index (χ4n) is 0.853. The fourth-order valence-corrected chi connectivity index (χ4v) is 0.853. The Bertz CT molecular complexity index is 481. The number of ether oxygens (including phenoxy) is 2. The smallest absolute Gasteiger partial charge is 0.331 e. The molecule has 22 heavy (non-hydrogen) atoms. The van der Waals surface area contributed by atoms with Crippen molar-refractivity contribution in [2.75, 3.05) is 13.2 Å². The van der Waals surface area contributed by atoms with Gasteiger partial charge in [-0.05, 0) is 0 Å². The number of rotatable bonds is 6. The van der Waals surface area contributed by atoms with E-state index in [2.05, 4.69) is 20.9 Å². The highest BCUT2D eigenvalue weighted by Gasteiger charge is 2.09. The van der Waals surface area contributed by atoms with Crippen molar-refractivity contribution in [1.29, 1.82) is 0 Å². The van der Waals surface area contributed by atoms with Crippen LogP contribution in [-0.4, -0.2) is 49.0 Å². The molecule has 0 atom stereocenters. The van der Waals surface area contributed by atoms with Gasteiger partial charge in [-0.2, -0.15) is 0 Å². The third-order valence-corrected chi connectivity index (χ3v) is 1.57. The van der Waals surface area contributed by atoms with Crippen LogP contribution in [0.3, 0.4) is 0 Å². The highest BCUT2D eigenvalue weighted by molar-refractivity contribution is 5.97. The molecule has 120 valence electrons. The minimum Gasteiger partial charge on any atom is -0.452 e. The van der Waals surface area contributed by atoms with Crippen LogP contribution in [0.4, 0.5) is 9.59 Å². The average molecular weight is 316 g/mol. The quantitative estimate of drug-likeness (QED) is 0.294. The van der Waals surface area contributed by atoms with Crippen molar-refractivity contribution >= 4 is 35.8 Å². The van der Waals surface area contributed by atoms with Crippen molar-refractivity contribution in [1.82, 2.24) is 10.6 Å². The van der Waals surface area contributed by atoms with Gasteiger partial charge in [-0.25, -0.2) is 19.2 Å². The van der Waals surface area contributed by atoms with Crippen LogP contribution < -0.4 is 22.1 Å². The summed E-state index contributed by atoms with van der Waals surface area (Å²) in [6, 6.07) is -2.23. The van der Waals surface area contributed by atoms with E-state index >= 15 is 0 Å². The summed E-state index contributed by atoms with van der Waals surface area (Å²) in [6.45, 7) is -1.58. The Kier molecular flexibility index (Phi) is 7.98. The molecule has 0 saturated carbocycles. The van der Waals surface area contributed by atoms with E-state index in [9.17, 15) is 28.8 Å².